The third-order valence-electron chi connectivity index (χ3n) is 10.5. The van der Waals surface area contributed by atoms with E-state index in [9.17, 15) is 0 Å². The Hall–Kier alpha value is -7.16. The summed E-state index contributed by atoms with van der Waals surface area (Å²) < 4.78 is 6.74. The smallest absolute Gasteiger partial charge is 0.145 e. The molecule has 0 unspecified atom stereocenters. The van der Waals surface area contributed by atoms with Gasteiger partial charge in [-0.1, -0.05) is 164 Å². The molecule has 9 aromatic carbocycles. The predicted molar refractivity (Wildman–Crippen MR) is 228 cm³/mol. The van der Waals surface area contributed by atoms with Gasteiger partial charge in [0.05, 0.1) is 11.1 Å². The van der Waals surface area contributed by atoms with Crippen molar-refractivity contribution in [3.8, 4) is 44.5 Å². The summed E-state index contributed by atoms with van der Waals surface area (Å²) in [4.78, 5) is 2.39. The molecule has 0 saturated carbocycles. The second-order valence-corrected chi connectivity index (χ2v) is 13.7. The Labute approximate surface area is 314 Å². The third-order valence-corrected chi connectivity index (χ3v) is 10.5. The lowest BCUT2D eigenvalue weighted by molar-refractivity contribution is 0.670. The Bertz CT molecular complexity index is 2920. The highest BCUT2D eigenvalue weighted by Crippen LogP contribution is 2.47. The molecule has 0 bridgehead atoms. The lowest BCUT2D eigenvalue weighted by Crippen LogP contribution is -2.10. The van der Waals surface area contributed by atoms with Gasteiger partial charge in [0, 0.05) is 22.3 Å². The average molecular weight is 690 g/mol. The number of hydrogen-bond donors (Lipinski definition) is 0. The third kappa shape index (κ3) is 5.62. The normalized spacial score (nSPS) is 11.3. The first-order valence-corrected chi connectivity index (χ1v) is 18.4. The summed E-state index contributed by atoms with van der Waals surface area (Å²) in [5.41, 5.74) is 14.2. The first-order chi connectivity index (χ1) is 26.8. The molecule has 0 spiro atoms. The van der Waals surface area contributed by atoms with Crippen LogP contribution in [-0.4, -0.2) is 0 Å². The number of fused-ring (bicyclic) bond motifs is 4. The average Bonchev–Trinajstić information content (AvgIpc) is 3.65. The number of hydrogen-bond acceptors (Lipinski definition) is 2. The molecule has 1 heterocycles. The molecule has 54 heavy (non-hydrogen) atoms. The van der Waals surface area contributed by atoms with Crippen molar-refractivity contribution >= 4 is 49.8 Å². The van der Waals surface area contributed by atoms with E-state index in [0.29, 0.717) is 0 Å². The van der Waals surface area contributed by atoms with Crippen molar-refractivity contribution in [2.24, 2.45) is 0 Å². The van der Waals surface area contributed by atoms with Crippen LogP contribution in [0.2, 0.25) is 0 Å². The van der Waals surface area contributed by atoms with Gasteiger partial charge in [-0.05, 0) is 98.2 Å². The molecule has 0 N–H and O–H groups in total. The molecule has 254 valence electrons. The Morgan fingerprint density at radius 2 is 0.944 bits per heavy atom. The molecule has 0 aliphatic rings. The molecule has 2 heteroatoms. The molecule has 10 aromatic rings. The Kier molecular flexibility index (Phi) is 7.85. The van der Waals surface area contributed by atoms with Gasteiger partial charge in [-0.15, -0.1) is 0 Å². The summed E-state index contributed by atoms with van der Waals surface area (Å²) in [5, 5.41) is 4.65. The summed E-state index contributed by atoms with van der Waals surface area (Å²) in [6.45, 7) is 0. The maximum atomic E-state index is 6.74. The van der Waals surface area contributed by atoms with E-state index in [-0.39, 0.29) is 0 Å². The second kappa shape index (κ2) is 13.4. The minimum atomic E-state index is 0.870. The zero-order valence-electron chi connectivity index (χ0n) is 29.6. The first-order valence-electron chi connectivity index (χ1n) is 18.4. The minimum absolute atomic E-state index is 0.870. The van der Waals surface area contributed by atoms with Crippen LogP contribution in [0.4, 0.5) is 17.1 Å². The zero-order valence-corrected chi connectivity index (χ0v) is 29.6. The highest BCUT2D eigenvalue weighted by atomic mass is 16.3. The molecule has 0 aliphatic carbocycles. The van der Waals surface area contributed by atoms with Crippen LogP contribution >= 0.6 is 0 Å². The second-order valence-electron chi connectivity index (χ2n) is 13.7. The van der Waals surface area contributed by atoms with E-state index in [0.717, 1.165) is 55.7 Å². The first kappa shape index (κ1) is 31.6. The molecule has 10 rings (SSSR count). The summed E-state index contributed by atoms with van der Waals surface area (Å²) >= 11 is 0. The molecule has 0 radical (unpaired) electrons. The molecule has 0 saturated heterocycles. The fourth-order valence-corrected chi connectivity index (χ4v) is 7.86. The summed E-state index contributed by atoms with van der Waals surface area (Å²) in [6.07, 6.45) is 0. The van der Waals surface area contributed by atoms with Crippen molar-refractivity contribution in [2.75, 3.05) is 4.90 Å². The fraction of sp³-hybridized carbons (Fsp3) is 0. The van der Waals surface area contributed by atoms with Gasteiger partial charge >= 0.3 is 0 Å². The van der Waals surface area contributed by atoms with Crippen LogP contribution < -0.4 is 4.90 Å². The molecular formula is C52H35NO. The van der Waals surface area contributed by atoms with Crippen LogP contribution in [-0.2, 0) is 0 Å². The quantitative estimate of drug-likeness (QED) is 0.166. The summed E-state index contributed by atoms with van der Waals surface area (Å²) in [7, 11) is 0. The van der Waals surface area contributed by atoms with E-state index in [4.69, 9.17) is 4.42 Å². The number of rotatable bonds is 7. The highest BCUT2D eigenvalue weighted by Gasteiger charge is 2.23. The Morgan fingerprint density at radius 1 is 0.333 bits per heavy atom. The van der Waals surface area contributed by atoms with Gasteiger partial charge in [0.2, 0.25) is 0 Å². The molecule has 2 nitrogen and oxygen atoms in total. The fourth-order valence-electron chi connectivity index (χ4n) is 7.86. The molecule has 1 aromatic heterocycles. The van der Waals surface area contributed by atoms with E-state index < -0.39 is 0 Å². The number of furan rings is 1. The van der Waals surface area contributed by atoms with E-state index in [1.54, 1.807) is 0 Å². The van der Waals surface area contributed by atoms with Gasteiger partial charge in [-0.3, -0.25) is 0 Å². The van der Waals surface area contributed by atoms with Crippen LogP contribution in [0.15, 0.2) is 217 Å². The number of anilines is 3. The molecular weight excluding hydrogens is 655 g/mol. The maximum absolute atomic E-state index is 6.74. The lowest BCUT2D eigenvalue weighted by atomic mass is 9.94. The maximum Gasteiger partial charge on any atom is 0.145 e. The minimum Gasteiger partial charge on any atom is -0.455 e. The van der Waals surface area contributed by atoms with Gasteiger partial charge < -0.3 is 9.32 Å². The molecule has 0 atom stereocenters. The van der Waals surface area contributed by atoms with Gasteiger partial charge in [0.25, 0.3) is 0 Å². The highest BCUT2D eigenvalue weighted by molar-refractivity contribution is 6.17. The van der Waals surface area contributed by atoms with Crippen LogP contribution in [0.1, 0.15) is 0 Å². The van der Waals surface area contributed by atoms with Gasteiger partial charge in [0.1, 0.15) is 11.2 Å². The van der Waals surface area contributed by atoms with Gasteiger partial charge in [-0.25, -0.2) is 0 Å². The van der Waals surface area contributed by atoms with Gasteiger partial charge in [-0.2, -0.15) is 0 Å². The van der Waals surface area contributed by atoms with Crippen molar-refractivity contribution in [3.63, 3.8) is 0 Å². The lowest BCUT2D eigenvalue weighted by Gasteiger charge is -2.27. The van der Waals surface area contributed by atoms with E-state index in [1.807, 2.05) is 6.07 Å². The number of para-hydroxylation sites is 1. The van der Waals surface area contributed by atoms with E-state index in [1.165, 1.54) is 38.6 Å². The van der Waals surface area contributed by atoms with Crippen LogP contribution in [0.5, 0.6) is 0 Å². The Morgan fingerprint density at radius 3 is 1.72 bits per heavy atom. The molecule has 0 fully saturated rings. The summed E-state index contributed by atoms with van der Waals surface area (Å²) in [5.74, 6) is 0. The largest absolute Gasteiger partial charge is 0.455 e. The summed E-state index contributed by atoms with van der Waals surface area (Å²) in [6, 6.07) is 75.8. The van der Waals surface area contributed by atoms with Crippen molar-refractivity contribution in [2.45, 2.75) is 0 Å². The molecule has 0 amide bonds. The van der Waals surface area contributed by atoms with Crippen LogP contribution in [0, 0.1) is 0 Å². The molecule has 0 aliphatic heterocycles. The zero-order chi connectivity index (χ0) is 35.8. The van der Waals surface area contributed by atoms with Crippen LogP contribution in [0.25, 0.3) is 77.2 Å². The monoisotopic (exact) mass is 689 g/mol. The van der Waals surface area contributed by atoms with Gasteiger partial charge in [0.15, 0.2) is 0 Å². The number of nitrogens with zero attached hydrogens (tertiary/aromatic N) is 1. The van der Waals surface area contributed by atoms with Crippen molar-refractivity contribution in [3.05, 3.63) is 212 Å². The SMILES string of the molecule is c1ccc(-c2ccccc2-c2cccc(N(c3ccc(-c4ccc5ccccc5c4)cc3)c3ccc(-c4ccccc4)c4oc5ccccc5c34)c2)cc1. The predicted octanol–water partition coefficient (Wildman–Crippen LogP) is 14.9. The van der Waals surface area contributed by atoms with Crippen molar-refractivity contribution in [1.82, 2.24) is 0 Å². The van der Waals surface area contributed by atoms with E-state index in [2.05, 4.69) is 211 Å². The standard InChI is InChI=1S/C52H35NO/c1-3-15-38(16-4-1)45-22-9-10-23-46(45)42-20-13-21-44(35-42)53(43-30-28-37(29-31-43)41-27-26-36-14-7-8-19-40(36)34-41)49-33-32-47(39-17-5-2-6-18-39)52-51(49)48-24-11-12-25-50(48)54-52/h1-35H. The topological polar surface area (TPSA) is 16.4 Å². The Balaban J connectivity index is 1.18. The van der Waals surface area contributed by atoms with E-state index >= 15 is 0 Å². The van der Waals surface area contributed by atoms with Crippen LogP contribution in [0.3, 0.4) is 0 Å². The van der Waals surface area contributed by atoms with Crippen molar-refractivity contribution in [1.29, 1.82) is 0 Å². The number of benzene rings is 9. The van der Waals surface area contributed by atoms with Crippen molar-refractivity contribution < 1.29 is 4.42 Å².